The van der Waals surface area contributed by atoms with Crippen molar-refractivity contribution in [1.82, 2.24) is 9.88 Å². The predicted octanol–water partition coefficient (Wildman–Crippen LogP) is 3.46. The van der Waals surface area contributed by atoms with Crippen molar-refractivity contribution in [3.8, 4) is 0 Å². The molecule has 4 fully saturated rings. The summed E-state index contributed by atoms with van der Waals surface area (Å²) >= 11 is 0. The van der Waals surface area contributed by atoms with E-state index in [1.807, 2.05) is 18.2 Å². The van der Waals surface area contributed by atoms with Crippen molar-refractivity contribution < 1.29 is 9.21 Å². The van der Waals surface area contributed by atoms with Gasteiger partial charge in [0.25, 0.3) is 0 Å². The highest BCUT2D eigenvalue weighted by Crippen LogP contribution is 2.55. The van der Waals surface area contributed by atoms with Crippen LogP contribution in [0.4, 0.5) is 0 Å². The minimum absolute atomic E-state index is 0.0744. The number of carbonyl (C=O) groups is 1. The number of carbonyl (C=O) groups excluding carboxylic acids is 1. The average molecular weight is 354 g/mol. The first-order chi connectivity index (χ1) is 12.6. The first kappa shape index (κ1) is 16.2. The summed E-state index contributed by atoms with van der Waals surface area (Å²) in [6.45, 7) is 0.518. The maximum atomic E-state index is 12.6. The molecule has 1 aromatic carbocycles. The summed E-state index contributed by atoms with van der Waals surface area (Å²) in [4.78, 5) is 24.6. The second-order valence-corrected chi connectivity index (χ2v) is 8.84. The number of aromatic nitrogens is 1. The molecule has 0 saturated heterocycles. The molecule has 0 atom stereocenters. The lowest BCUT2D eigenvalue weighted by Gasteiger charge is -2.56. The summed E-state index contributed by atoms with van der Waals surface area (Å²) in [7, 11) is 0. The fourth-order valence-corrected chi connectivity index (χ4v) is 6.25. The van der Waals surface area contributed by atoms with E-state index in [1.165, 1.54) is 38.5 Å². The number of aryl methyl sites for hydroxylation is 1. The number of nitrogens with one attached hydrogen (secondary N) is 1. The van der Waals surface area contributed by atoms with Gasteiger partial charge in [-0.25, -0.2) is 4.79 Å². The fourth-order valence-electron chi connectivity index (χ4n) is 6.25. The number of hydrogen-bond donors (Lipinski definition) is 1. The number of benzene rings is 1. The van der Waals surface area contributed by atoms with Crippen molar-refractivity contribution in [3.63, 3.8) is 0 Å². The first-order valence-electron chi connectivity index (χ1n) is 10.00. The molecule has 2 aromatic rings. The molecule has 4 aliphatic rings. The second kappa shape index (κ2) is 6.00. The number of para-hydroxylation sites is 2. The lowest BCUT2D eigenvalue weighted by atomic mass is 9.53. The van der Waals surface area contributed by atoms with Gasteiger partial charge in [-0.15, -0.1) is 0 Å². The molecule has 0 spiro atoms. The third-order valence-electron chi connectivity index (χ3n) is 6.80. The van der Waals surface area contributed by atoms with Gasteiger partial charge >= 0.3 is 5.76 Å². The molecule has 0 aliphatic heterocycles. The SMILES string of the molecule is O=C(CCCn1c(=O)oc2ccccc21)NC12CC3CC(CC(C3)C1)C2. The summed E-state index contributed by atoms with van der Waals surface area (Å²) in [6.07, 6.45) is 8.79. The number of amides is 1. The van der Waals surface area contributed by atoms with Crippen LogP contribution in [0.3, 0.4) is 0 Å². The van der Waals surface area contributed by atoms with Crippen LogP contribution in [0, 0.1) is 17.8 Å². The van der Waals surface area contributed by atoms with Crippen LogP contribution in [0.5, 0.6) is 0 Å². The van der Waals surface area contributed by atoms with Crippen molar-refractivity contribution in [1.29, 1.82) is 0 Å². The molecule has 6 rings (SSSR count). The van der Waals surface area contributed by atoms with Gasteiger partial charge in [0.05, 0.1) is 5.52 Å². The van der Waals surface area contributed by atoms with E-state index in [2.05, 4.69) is 5.32 Å². The van der Waals surface area contributed by atoms with Crippen LogP contribution in [0.2, 0.25) is 0 Å². The van der Waals surface area contributed by atoms with E-state index in [0.29, 0.717) is 25.0 Å². The number of rotatable bonds is 5. The second-order valence-electron chi connectivity index (χ2n) is 8.84. The van der Waals surface area contributed by atoms with Gasteiger partial charge in [0.2, 0.25) is 5.91 Å². The Kier molecular flexibility index (Phi) is 3.73. The van der Waals surface area contributed by atoms with Gasteiger partial charge in [-0.3, -0.25) is 9.36 Å². The van der Waals surface area contributed by atoms with Gasteiger partial charge in [0.15, 0.2) is 5.58 Å². The Hall–Kier alpha value is -2.04. The van der Waals surface area contributed by atoms with Crippen molar-refractivity contribution in [2.45, 2.75) is 63.5 Å². The van der Waals surface area contributed by atoms with Gasteiger partial charge in [0, 0.05) is 18.5 Å². The zero-order valence-electron chi connectivity index (χ0n) is 15.1. The van der Waals surface area contributed by atoms with Crippen LogP contribution < -0.4 is 11.1 Å². The van der Waals surface area contributed by atoms with Crippen LogP contribution in [0.25, 0.3) is 11.1 Å². The first-order valence-corrected chi connectivity index (χ1v) is 10.00. The van der Waals surface area contributed by atoms with E-state index >= 15 is 0 Å². The topological polar surface area (TPSA) is 64.2 Å². The Morgan fingerprint density at radius 1 is 1.12 bits per heavy atom. The molecule has 4 aliphatic carbocycles. The molecule has 1 aromatic heterocycles. The Balaban J connectivity index is 1.20. The van der Waals surface area contributed by atoms with Crippen LogP contribution in [-0.2, 0) is 11.3 Å². The number of hydrogen-bond acceptors (Lipinski definition) is 3. The molecule has 0 radical (unpaired) electrons. The molecule has 5 heteroatoms. The van der Waals surface area contributed by atoms with Crippen molar-refractivity contribution >= 4 is 17.0 Å². The summed E-state index contributed by atoms with van der Waals surface area (Å²) < 4.78 is 6.89. The van der Waals surface area contributed by atoms with Crippen molar-refractivity contribution in [3.05, 3.63) is 34.8 Å². The molecule has 4 bridgehead atoms. The van der Waals surface area contributed by atoms with Gasteiger partial charge in [-0.1, -0.05) is 12.1 Å². The van der Waals surface area contributed by atoms with E-state index in [4.69, 9.17) is 4.42 Å². The maximum absolute atomic E-state index is 12.6. The molecule has 1 heterocycles. The average Bonchev–Trinajstić information content (AvgIpc) is 2.89. The molecule has 0 unspecified atom stereocenters. The standard InChI is InChI=1S/C21H26N2O3/c24-19(22-21-11-14-8-15(12-21)10-16(9-14)13-21)6-3-7-23-17-4-1-2-5-18(17)26-20(23)25/h1-2,4-5,14-16H,3,6-13H2,(H,22,24). The minimum Gasteiger partial charge on any atom is -0.408 e. The van der Waals surface area contributed by atoms with Crippen LogP contribution in [0.1, 0.15) is 51.4 Å². The highest BCUT2D eigenvalue weighted by atomic mass is 16.4. The molecule has 26 heavy (non-hydrogen) atoms. The molecule has 138 valence electrons. The minimum atomic E-state index is -0.340. The quantitative estimate of drug-likeness (QED) is 0.894. The Morgan fingerprint density at radius 3 is 2.46 bits per heavy atom. The van der Waals surface area contributed by atoms with E-state index < -0.39 is 0 Å². The van der Waals surface area contributed by atoms with E-state index in [-0.39, 0.29) is 17.2 Å². The molecule has 5 nitrogen and oxygen atoms in total. The lowest BCUT2D eigenvalue weighted by Crippen LogP contribution is -2.59. The van der Waals surface area contributed by atoms with Gasteiger partial charge in [-0.2, -0.15) is 0 Å². The van der Waals surface area contributed by atoms with Gasteiger partial charge in [0.1, 0.15) is 0 Å². The van der Waals surface area contributed by atoms with Gasteiger partial charge in [-0.05, 0) is 74.8 Å². The summed E-state index contributed by atoms with van der Waals surface area (Å²) in [6, 6.07) is 7.44. The monoisotopic (exact) mass is 354 g/mol. The Bertz CT molecular complexity index is 859. The molecule has 1 N–H and O–H groups in total. The number of fused-ring (bicyclic) bond motifs is 1. The summed E-state index contributed by atoms with van der Waals surface area (Å²) in [5.74, 6) is 2.30. The number of nitrogens with zero attached hydrogens (tertiary/aromatic N) is 1. The zero-order chi connectivity index (χ0) is 17.7. The number of oxazole rings is 1. The van der Waals surface area contributed by atoms with Crippen LogP contribution in [0.15, 0.2) is 33.5 Å². The largest absolute Gasteiger partial charge is 0.419 e. The fraction of sp³-hybridized carbons (Fsp3) is 0.619. The highest BCUT2D eigenvalue weighted by Gasteiger charge is 2.51. The lowest BCUT2D eigenvalue weighted by molar-refractivity contribution is -0.127. The summed E-state index contributed by atoms with van der Waals surface area (Å²) in [5.41, 5.74) is 1.49. The molecular weight excluding hydrogens is 328 g/mol. The third kappa shape index (κ3) is 2.78. The van der Waals surface area contributed by atoms with Crippen molar-refractivity contribution in [2.24, 2.45) is 17.8 Å². The molecule has 1 amide bonds. The van der Waals surface area contributed by atoms with E-state index in [9.17, 15) is 9.59 Å². The van der Waals surface area contributed by atoms with E-state index in [0.717, 1.165) is 23.3 Å². The highest BCUT2D eigenvalue weighted by molar-refractivity contribution is 5.77. The molecule has 4 saturated carbocycles. The van der Waals surface area contributed by atoms with E-state index in [1.54, 1.807) is 10.6 Å². The van der Waals surface area contributed by atoms with Gasteiger partial charge < -0.3 is 9.73 Å². The third-order valence-corrected chi connectivity index (χ3v) is 6.80. The predicted molar refractivity (Wildman–Crippen MR) is 98.8 cm³/mol. The Morgan fingerprint density at radius 2 is 1.77 bits per heavy atom. The maximum Gasteiger partial charge on any atom is 0.419 e. The van der Waals surface area contributed by atoms with Crippen LogP contribution >= 0.6 is 0 Å². The molecular formula is C21H26N2O3. The van der Waals surface area contributed by atoms with Crippen molar-refractivity contribution in [2.75, 3.05) is 0 Å². The zero-order valence-corrected chi connectivity index (χ0v) is 15.1. The summed E-state index contributed by atoms with van der Waals surface area (Å²) in [5, 5.41) is 3.41. The smallest absolute Gasteiger partial charge is 0.408 e. The normalized spacial score (nSPS) is 32.2. The van der Waals surface area contributed by atoms with Crippen LogP contribution in [-0.4, -0.2) is 16.0 Å². The Labute approximate surface area is 152 Å².